The molecule has 0 aromatic heterocycles. The van der Waals surface area contributed by atoms with E-state index in [1.165, 1.54) is 5.56 Å². The molecule has 13 heavy (non-hydrogen) atoms. The molecule has 1 aromatic carbocycles. The summed E-state index contributed by atoms with van der Waals surface area (Å²) in [6.07, 6.45) is 3.98. The Hall–Kier alpha value is -1.57. The molecule has 0 bridgehead atoms. The number of rotatable bonds is 1. The second-order valence-corrected chi connectivity index (χ2v) is 3.15. The minimum Gasteiger partial charge on any atom is -0.366 e. The topological polar surface area (TPSA) is 24.4 Å². The Balaban J connectivity index is 2.18. The Morgan fingerprint density at radius 1 is 1.23 bits per heavy atom. The Morgan fingerprint density at radius 3 is 2.62 bits per heavy atom. The molecule has 1 N–H and O–H groups in total. The molecule has 0 saturated heterocycles. The minimum atomic E-state index is 0.0879. The lowest BCUT2D eigenvalue weighted by atomic mass is 10.1. The number of hydrogen-bond acceptors (Lipinski definition) is 2. The van der Waals surface area contributed by atoms with E-state index in [1.54, 1.807) is 0 Å². The number of aliphatic imine (C=N–C) groups is 1. The predicted octanol–water partition coefficient (Wildman–Crippen LogP) is 2.26. The maximum atomic E-state index is 4.38. The second-order valence-electron chi connectivity index (χ2n) is 3.15. The molecule has 1 aliphatic rings. The zero-order valence-electron chi connectivity index (χ0n) is 7.57. The van der Waals surface area contributed by atoms with Crippen LogP contribution in [0.1, 0.15) is 18.7 Å². The van der Waals surface area contributed by atoms with Crippen LogP contribution in [-0.4, -0.2) is 6.21 Å². The summed E-state index contributed by atoms with van der Waals surface area (Å²) in [5.74, 6) is 0. The normalized spacial score (nSPS) is 20.7. The zero-order valence-corrected chi connectivity index (χ0v) is 7.57. The van der Waals surface area contributed by atoms with Crippen molar-refractivity contribution in [3.8, 4) is 0 Å². The summed E-state index contributed by atoms with van der Waals surface area (Å²) in [4.78, 5) is 4.38. The molecule has 2 nitrogen and oxygen atoms in total. The van der Waals surface area contributed by atoms with Gasteiger partial charge < -0.3 is 5.32 Å². The summed E-state index contributed by atoms with van der Waals surface area (Å²) >= 11 is 0. The van der Waals surface area contributed by atoms with Gasteiger partial charge >= 0.3 is 0 Å². The molecule has 1 unspecified atom stereocenters. The molecular formula is C11H12N2. The average Bonchev–Trinajstić information content (AvgIpc) is 2.20. The first-order valence-electron chi connectivity index (χ1n) is 4.37. The van der Waals surface area contributed by atoms with Gasteiger partial charge in [0, 0.05) is 12.4 Å². The first kappa shape index (κ1) is 8.05. The van der Waals surface area contributed by atoms with Crippen molar-refractivity contribution in [1.29, 1.82) is 0 Å². The molecule has 2 heteroatoms. The fourth-order valence-electron chi connectivity index (χ4n) is 1.30. The third-order valence-electron chi connectivity index (χ3n) is 2.01. The molecule has 0 amide bonds. The molecule has 0 aliphatic carbocycles. The lowest BCUT2D eigenvalue weighted by Crippen LogP contribution is -2.17. The average molecular weight is 172 g/mol. The summed E-state index contributed by atoms with van der Waals surface area (Å²) in [5.41, 5.74) is 2.36. The van der Waals surface area contributed by atoms with Gasteiger partial charge in [-0.05, 0) is 18.1 Å². The van der Waals surface area contributed by atoms with E-state index in [0.717, 1.165) is 5.57 Å². The number of benzene rings is 1. The van der Waals surface area contributed by atoms with Crippen molar-refractivity contribution >= 4 is 6.21 Å². The second kappa shape index (κ2) is 3.44. The maximum Gasteiger partial charge on any atom is 0.144 e. The van der Waals surface area contributed by atoms with Gasteiger partial charge in [-0.25, -0.2) is 0 Å². The van der Waals surface area contributed by atoms with Gasteiger partial charge in [-0.2, -0.15) is 0 Å². The fourth-order valence-corrected chi connectivity index (χ4v) is 1.30. The van der Waals surface area contributed by atoms with E-state index in [4.69, 9.17) is 0 Å². The van der Waals surface area contributed by atoms with E-state index in [1.807, 2.05) is 37.5 Å². The first-order chi connectivity index (χ1) is 6.36. The van der Waals surface area contributed by atoms with E-state index in [9.17, 15) is 0 Å². The number of nitrogens with one attached hydrogen (secondary N) is 1. The summed E-state index contributed by atoms with van der Waals surface area (Å²) in [7, 11) is 0. The van der Waals surface area contributed by atoms with Crippen molar-refractivity contribution in [2.75, 3.05) is 0 Å². The number of nitrogens with zero attached hydrogens (tertiary/aromatic N) is 1. The Labute approximate surface area is 78.0 Å². The minimum absolute atomic E-state index is 0.0879. The number of hydrogen-bond donors (Lipinski definition) is 1. The summed E-state index contributed by atoms with van der Waals surface area (Å²) in [6.45, 7) is 2.03. The quantitative estimate of drug-likeness (QED) is 0.690. The molecule has 1 heterocycles. The van der Waals surface area contributed by atoms with E-state index in [2.05, 4.69) is 22.4 Å². The van der Waals surface area contributed by atoms with Crippen LogP contribution in [0.3, 0.4) is 0 Å². The van der Waals surface area contributed by atoms with Crippen LogP contribution < -0.4 is 5.32 Å². The third-order valence-corrected chi connectivity index (χ3v) is 2.01. The van der Waals surface area contributed by atoms with Gasteiger partial charge in [-0.15, -0.1) is 0 Å². The van der Waals surface area contributed by atoms with Crippen LogP contribution in [0.4, 0.5) is 0 Å². The van der Waals surface area contributed by atoms with Gasteiger partial charge in [0.25, 0.3) is 0 Å². The zero-order chi connectivity index (χ0) is 9.10. The highest BCUT2D eigenvalue weighted by atomic mass is 15.1. The van der Waals surface area contributed by atoms with Crippen LogP contribution in [0.2, 0.25) is 0 Å². The standard InChI is InChI=1S/C11H12N2/c1-9-7-12-11(13-8-9)10-5-3-2-4-6-10/h2-8,11-12H,1H3. The van der Waals surface area contributed by atoms with Crippen molar-refractivity contribution in [1.82, 2.24) is 5.32 Å². The lowest BCUT2D eigenvalue weighted by molar-refractivity contribution is 0.648. The van der Waals surface area contributed by atoms with Crippen molar-refractivity contribution in [2.24, 2.45) is 4.99 Å². The smallest absolute Gasteiger partial charge is 0.144 e. The van der Waals surface area contributed by atoms with Crippen LogP contribution in [0.5, 0.6) is 0 Å². The van der Waals surface area contributed by atoms with Gasteiger partial charge in [-0.1, -0.05) is 30.3 Å². The SMILES string of the molecule is CC1=CNC(c2ccccc2)N=C1. The van der Waals surface area contributed by atoms with Crippen molar-refractivity contribution in [3.63, 3.8) is 0 Å². The van der Waals surface area contributed by atoms with Crippen molar-refractivity contribution < 1.29 is 0 Å². The first-order valence-corrected chi connectivity index (χ1v) is 4.37. The van der Waals surface area contributed by atoms with Crippen LogP contribution in [0.25, 0.3) is 0 Å². The molecule has 0 saturated carbocycles. The Morgan fingerprint density at radius 2 is 2.00 bits per heavy atom. The third kappa shape index (κ3) is 1.78. The maximum absolute atomic E-state index is 4.38. The summed E-state index contributed by atoms with van der Waals surface area (Å²) in [5, 5.41) is 3.23. The molecule has 0 radical (unpaired) electrons. The fraction of sp³-hybridized carbons (Fsp3) is 0.182. The Kier molecular flexibility index (Phi) is 2.13. The lowest BCUT2D eigenvalue weighted by Gasteiger charge is -2.16. The Bertz CT molecular complexity index is 338. The van der Waals surface area contributed by atoms with E-state index < -0.39 is 0 Å². The predicted molar refractivity (Wildman–Crippen MR) is 54.6 cm³/mol. The van der Waals surface area contributed by atoms with Gasteiger partial charge in [-0.3, -0.25) is 4.99 Å². The van der Waals surface area contributed by atoms with Crippen LogP contribution >= 0.6 is 0 Å². The molecule has 2 rings (SSSR count). The van der Waals surface area contributed by atoms with E-state index >= 15 is 0 Å². The van der Waals surface area contributed by atoms with E-state index in [-0.39, 0.29) is 6.17 Å². The van der Waals surface area contributed by atoms with Crippen LogP contribution in [0, 0.1) is 0 Å². The van der Waals surface area contributed by atoms with Gasteiger partial charge in [0.1, 0.15) is 6.17 Å². The van der Waals surface area contributed by atoms with Crippen LogP contribution in [0.15, 0.2) is 47.1 Å². The monoisotopic (exact) mass is 172 g/mol. The molecular weight excluding hydrogens is 160 g/mol. The molecule has 1 aromatic rings. The highest BCUT2D eigenvalue weighted by Gasteiger charge is 2.08. The summed E-state index contributed by atoms with van der Waals surface area (Å²) in [6, 6.07) is 10.2. The molecule has 66 valence electrons. The molecule has 0 spiro atoms. The van der Waals surface area contributed by atoms with Gasteiger partial charge in [0.15, 0.2) is 0 Å². The van der Waals surface area contributed by atoms with Crippen LogP contribution in [-0.2, 0) is 0 Å². The van der Waals surface area contributed by atoms with Gasteiger partial charge in [0.2, 0.25) is 0 Å². The van der Waals surface area contributed by atoms with E-state index in [0.29, 0.717) is 0 Å². The van der Waals surface area contributed by atoms with Gasteiger partial charge in [0.05, 0.1) is 0 Å². The van der Waals surface area contributed by atoms with Crippen molar-refractivity contribution in [2.45, 2.75) is 13.1 Å². The number of allylic oxidation sites excluding steroid dienone is 1. The molecule has 1 aliphatic heterocycles. The summed E-state index contributed by atoms with van der Waals surface area (Å²) < 4.78 is 0. The highest BCUT2D eigenvalue weighted by Crippen LogP contribution is 2.16. The molecule has 0 fully saturated rings. The largest absolute Gasteiger partial charge is 0.366 e. The molecule has 1 atom stereocenters. The highest BCUT2D eigenvalue weighted by molar-refractivity contribution is 5.78. The van der Waals surface area contributed by atoms with Crippen molar-refractivity contribution in [3.05, 3.63) is 47.7 Å².